The molecule has 0 amide bonds. The molecule has 0 aromatic heterocycles. The van der Waals surface area contributed by atoms with Crippen molar-refractivity contribution in [3.63, 3.8) is 0 Å². The van der Waals surface area contributed by atoms with E-state index in [4.69, 9.17) is 21.2 Å². The van der Waals surface area contributed by atoms with Crippen LogP contribution in [0, 0.1) is 0 Å². The van der Waals surface area contributed by atoms with E-state index in [1.165, 1.54) is 0 Å². The summed E-state index contributed by atoms with van der Waals surface area (Å²) < 4.78 is 30.2. The zero-order valence-corrected chi connectivity index (χ0v) is 20.5. The summed E-state index contributed by atoms with van der Waals surface area (Å²) in [5.41, 5.74) is 0. The summed E-state index contributed by atoms with van der Waals surface area (Å²) in [6.45, 7) is 15.0. The van der Waals surface area contributed by atoms with Crippen molar-refractivity contribution >= 4 is 34.2 Å². The van der Waals surface area contributed by atoms with Gasteiger partial charge >= 0.3 is 34.2 Å². The third-order valence-corrected chi connectivity index (χ3v) is 17.3. The first-order chi connectivity index (χ1) is 10.3. The van der Waals surface area contributed by atoms with Gasteiger partial charge in [0.05, 0.1) is 0 Å². The Bertz CT molecular complexity index is 360. The van der Waals surface area contributed by atoms with Crippen LogP contribution in [0.3, 0.4) is 0 Å². The van der Waals surface area contributed by atoms with Crippen LogP contribution in [-0.2, 0) is 21.2 Å². The third-order valence-electron chi connectivity index (χ3n) is 3.15. The summed E-state index contributed by atoms with van der Waals surface area (Å²) in [4.78, 5) is 0. The quantitative estimate of drug-likeness (QED) is 0.294. The molecule has 0 rings (SSSR count). The highest BCUT2D eigenvalue weighted by atomic mass is 28.5. The minimum atomic E-state index is -2.50. The van der Waals surface area contributed by atoms with E-state index in [2.05, 4.69) is 30.3 Å². The molecule has 0 aliphatic rings. The maximum atomic E-state index is 6.50. The van der Waals surface area contributed by atoms with E-state index < -0.39 is 34.2 Å². The highest BCUT2D eigenvalue weighted by molar-refractivity contribution is 6.88. The molecule has 0 saturated carbocycles. The molecule has 140 valence electrons. The van der Waals surface area contributed by atoms with Gasteiger partial charge < -0.3 is 31.8 Å². The molecule has 7 nitrogen and oxygen atoms in total. The smallest absolute Gasteiger partial charge is 0.331 e. The second kappa shape index (κ2) is 9.33. The van der Waals surface area contributed by atoms with Crippen molar-refractivity contribution in [1.82, 2.24) is 10.6 Å². The SMILES string of the molecule is CNCNC[Si](C)(O[Si](C)(C)OC)O[Si](C)(C)O[Si](C)(C)OC. The van der Waals surface area contributed by atoms with Crippen molar-refractivity contribution in [3.8, 4) is 0 Å². The number of nitrogens with one attached hydrogen (secondary N) is 2. The van der Waals surface area contributed by atoms with E-state index in [-0.39, 0.29) is 0 Å². The van der Waals surface area contributed by atoms with Crippen LogP contribution in [-0.4, -0.2) is 68.3 Å². The van der Waals surface area contributed by atoms with Crippen LogP contribution in [0.25, 0.3) is 0 Å². The van der Waals surface area contributed by atoms with E-state index in [1.54, 1.807) is 14.2 Å². The zero-order valence-electron chi connectivity index (χ0n) is 16.5. The molecule has 0 spiro atoms. The van der Waals surface area contributed by atoms with Gasteiger partial charge in [-0.2, -0.15) is 0 Å². The first-order valence-corrected chi connectivity index (χ1v) is 18.8. The van der Waals surface area contributed by atoms with Gasteiger partial charge in [-0.25, -0.2) is 0 Å². The first kappa shape index (κ1) is 23.6. The predicted molar refractivity (Wildman–Crippen MR) is 103 cm³/mol. The Morgan fingerprint density at radius 1 is 0.696 bits per heavy atom. The maximum Gasteiger partial charge on any atom is 0.331 e. The zero-order chi connectivity index (χ0) is 18.4. The average molecular weight is 401 g/mol. The van der Waals surface area contributed by atoms with Crippen LogP contribution in [0.2, 0.25) is 45.8 Å². The van der Waals surface area contributed by atoms with Crippen molar-refractivity contribution in [2.45, 2.75) is 45.8 Å². The minimum Gasteiger partial charge on any atom is -0.415 e. The Balaban J connectivity index is 5.11. The normalized spacial score (nSPS) is 16.4. The summed E-state index contributed by atoms with van der Waals surface area (Å²) in [5, 5.41) is 6.41. The molecule has 1 atom stereocenters. The summed E-state index contributed by atoms with van der Waals surface area (Å²) in [7, 11) is -3.98. The molecule has 0 aliphatic heterocycles. The number of hydrogen-bond acceptors (Lipinski definition) is 7. The molecular formula is C12H36N2O5Si4. The summed E-state index contributed by atoms with van der Waals surface area (Å²) >= 11 is 0. The molecule has 0 bridgehead atoms. The van der Waals surface area contributed by atoms with Gasteiger partial charge in [0, 0.05) is 27.1 Å². The average Bonchev–Trinajstić information content (AvgIpc) is 2.36. The minimum absolute atomic E-state index is 0.669. The van der Waals surface area contributed by atoms with Crippen molar-refractivity contribution in [2.24, 2.45) is 0 Å². The summed E-state index contributed by atoms with van der Waals surface area (Å²) in [6.07, 6.45) is 0.669. The fraction of sp³-hybridized carbons (Fsp3) is 1.00. The molecular weight excluding hydrogens is 364 g/mol. The topological polar surface area (TPSA) is 70.2 Å². The lowest BCUT2D eigenvalue weighted by Crippen LogP contribution is -2.62. The first-order valence-electron chi connectivity index (χ1n) is 7.86. The fourth-order valence-corrected chi connectivity index (χ4v) is 18.2. The van der Waals surface area contributed by atoms with Gasteiger partial charge in [0.1, 0.15) is 0 Å². The van der Waals surface area contributed by atoms with Gasteiger partial charge in [0.2, 0.25) is 0 Å². The molecule has 0 saturated heterocycles. The fourth-order valence-electron chi connectivity index (χ4n) is 2.24. The van der Waals surface area contributed by atoms with E-state index >= 15 is 0 Å². The second-order valence-corrected chi connectivity index (χ2v) is 21.3. The van der Waals surface area contributed by atoms with Crippen molar-refractivity contribution in [3.05, 3.63) is 0 Å². The van der Waals surface area contributed by atoms with Gasteiger partial charge in [-0.15, -0.1) is 0 Å². The van der Waals surface area contributed by atoms with Gasteiger partial charge in [-0.1, -0.05) is 0 Å². The number of hydrogen-bond donors (Lipinski definition) is 2. The lowest BCUT2D eigenvalue weighted by atomic mass is 11.0. The van der Waals surface area contributed by atoms with Crippen LogP contribution in [0.4, 0.5) is 0 Å². The molecule has 0 aliphatic carbocycles. The lowest BCUT2D eigenvalue weighted by molar-refractivity contribution is 0.241. The van der Waals surface area contributed by atoms with E-state index in [0.29, 0.717) is 12.8 Å². The van der Waals surface area contributed by atoms with Gasteiger partial charge in [-0.3, -0.25) is 0 Å². The largest absolute Gasteiger partial charge is 0.415 e. The molecule has 0 aromatic carbocycles. The summed E-state index contributed by atoms with van der Waals surface area (Å²) in [6, 6.07) is 0. The molecule has 0 aromatic rings. The molecule has 0 radical (unpaired) electrons. The van der Waals surface area contributed by atoms with Crippen LogP contribution in [0.15, 0.2) is 0 Å². The Morgan fingerprint density at radius 3 is 1.57 bits per heavy atom. The van der Waals surface area contributed by atoms with Gasteiger partial charge in [-0.05, 0) is 52.9 Å². The third kappa shape index (κ3) is 10.2. The standard InChI is InChI=1S/C12H36N2O5Si4/c1-13-11-14-12-23(10,18-21(6,7)16-3)19-22(8,9)17-20(4,5)15-2/h13-14H,11-12H2,1-10H3. The Morgan fingerprint density at radius 2 is 1.13 bits per heavy atom. The highest BCUT2D eigenvalue weighted by Crippen LogP contribution is 2.24. The molecule has 11 heteroatoms. The predicted octanol–water partition coefficient (Wildman–Crippen LogP) is 1.81. The molecule has 0 fully saturated rings. The van der Waals surface area contributed by atoms with Crippen LogP contribution in [0.1, 0.15) is 0 Å². The van der Waals surface area contributed by atoms with Crippen molar-refractivity contribution in [2.75, 3.05) is 34.1 Å². The van der Waals surface area contributed by atoms with E-state index in [9.17, 15) is 0 Å². The van der Waals surface area contributed by atoms with Gasteiger partial charge in [0.15, 0.2) is 0 Å². The Kier molecular flexibility index (Phi) is 9.57. The van der Waals surface area contributed by atoms with Crippen LogP contribution < -0.4 is 10.6 Å². The van der Waals surface area contributed by atoms with E-state index in [0.717, 1.165) is 0 Å². The van der Waals surface area contributed by atoms with E-state index in [1.807, 2.05) is 33.2 Å². The van der Waals surface area contributed by atoms with Crippen molar-refractivity contribution < 1.29 is 21.2 Å². The Labute approximate surface area is 146 Å². The lowest BCUT2D eigenvalue weighted by Gasteiger charge is -2.41. The Hall–Kier alpha value is 0.588. The molecule has 0 heterocycles. The second-order valence-electron chi connectivity index (χ2n) is 7.00. The van der Waals surface area contributed by atoms with Crippen LogP contribution in [0.5, 0.6) is 0 Å². The van der Waals surface area contributed by atoms with Gasteiger partial charge in [0.25, 0.3) is 0 Å². The summed E-state index contributed by atoms with van der Waals surface area (Å²) in [5.74, 6) is 0. The van der Waals surface area contributed by atoms with Crippen LogP contribution >= 0.6 is 0 Å². The monoisotopic (exact) mass is 400 g/mol. The molecule has 1 unspecified atom stereocenters. The van der Waals surface area contributed by atoms with Crippen molar-refractivity contribution in [1.29, 1.82) is 0 Å². The number of rotatable bonds is 12. The molecule has 23 heavy (non-hydrogen) atoms. The highest BCUT2D eigenvalue weighted by Gasteiger charge is 2.46. The maximum absolute atomic E-state index is 6.50. The molecule has 2 N–H and O–H groups in total.